The summed E-state index contributed by atoms with van der Waals surface area (Å²) in [4.78, 5) is 0. The van der Waals surface area contributed by atoms with Gasteiger partial charge in [0, 0.05) is 13.0 Å². The fraction of sp³-hybridized carbons (Fsp3) is 1.00. The monoisotopic (exact) mass is 216 g/mol. The summed E-state index contributed by atoms with van der Waals surface area (Å²) in [6, 6.07) is 0. The first kappa shape index (κ1) is 11.3. The van der Waals surface area contributed by atoms with E-state index in [-0.39, 0.29) is 24.6 Å². The van der Waals surface area contributed by atoms with Crippen LogP contribution < -0.4 is 0 Å². The Kier molecular flexibility index (Phi) is 2.79. The third-order valence-electron chi connectivity index (χ3n) is 3.27. The van der Waals surface area contributed by atoms with Crippen molar-refractivity contribution in [2.75, 3.05) is 7.11 Å². The van der Waals surface area contributed by atoms with Crippen LogP contribution in [0.15, 0.2) is 0 Å². The van der Waals surface area contributed by atoms with Crippen molar-refractivity contribution < 1.29 is 18.9 Å². The fourth-order valence-corrected chi connectivity index (χ4v) is 2.30. The van der Waals surface area contributed by atoms with Crippen LogP contribution in [0.1, 0.15) is 27.7 Å². The maximum absolute atomic E-state index is 5.89. The second-order valence-corrected chi connectivity index (χ2v) is 4.87. The first-order valence-corrected chi connectivity index (χ1v) is 5.48. The summed E-state index contributed by atoms with van der Waals surface area (Å²) in [7, 11) is 1.64. The summed E-state index contributed by atoms with van der Waals surface area (Å²) in [6.45, 7) is 8.02. The molecular weight excluding hydrogens is 196 g/mol. The smallest absolute Gasteiger partial charge is 0.186 e. The molecule has 2 rings (SSSR count). The van der Waals surface area contributed by atoms with E-state index in [0.717, 1.165) is 0 Å². The molecule has 2 aliphatic rings. The molecule has 5 atom stereocenters. The van der Waals surface area contributed by atoms with E-state index in [0.29, 0.717) is 5.92 Å². The van der Waals surface area contributed by atoms with Crippen LogP contribution in [0.5, 0.6) is 0 Å². The van der Waals surface area contributed by atoms with Gasteiger partial charge in [0.15, 0.2) is 12.1 Å². The molecule has 15 heavy (non-hydrogen) atoms. The van der Waals surface area contributed by atoms with Gasteiger partial charge in [0.25, 0.3) is 0 Å². The highest BCUT2D eigenvalue weighted by molar-refractivity contribution is 4.92. The van der Waals surface area contributed by atoms with Crippen LogP contribution in [0.4, 0.5) is 0 Å². The molecule has 0 aromatic carbocycles. The highest BCUT2D eigenvalue weighted by atomic mass is 16.8. The molecule has 0 bridgehead atoms. The van der Waals surface area contributed by atoms with Crippen LogP contribution in [0, 0.1) is 5.92 Å². The molecule has 0 spiro atoms. The Balaban J connectivity index is 2.18. The van der Waals surface area contributed by atoms with Crippen LogP contribution in [0.2, 0.25) is 0 Å². The quantitative estimate of drug-likeness (QED) is 0.666. The number of rotatable bonds is 1. The number of hydrogen-bond donors (Lipinski definition) is 0. The Bertz CT molecular complexity index is 233. The molecule has 4 nitrogen and oxygen atoms in total. The Labute approximate surface area is 90.8 Å². The molecule has 0 aromatic rings. The number of fused-ring (bicyclic) bond motifs is 1. The molecule has 88 valence electrons. The van der Waals surface area contributed by atoms with Crippen LogP contribution >= 0.6 is 0 Å². The third kappa shape index (κ3) is 1.91. The van der Waals surface area contributed by atoms with Crippen molar-refractivity contribution in [3.63, 3.8) is 0 Å². The van der Waals surface area contributed by atoms with Crippen molar-refractivity contribution in [2.45, 2.75) is 58.1 Å². The molecule has 0 saturated carbocycles. The average Bonchev–Trinajstić information content (AvgIpc) is 2.48. The summed E-state index contributed by atoms with van der Waals surface area (Å²) >= 11 is 0. The standard InChI is InChI=1S/C11H20O4/c1-6-7(2)13-10(12-5)9-8(6)14-11(3,4)15-9/h6-10H,1-5H3/t6-,7?,8?,9?,10+/m0/s1. The van der Waals surface area contributed by atoms with Gasteiger partial charge in [0.2, 0.25) is 0 Å². The van der Waals surface area contributed by atoms with Gasteiger partial charge in [0.05, 0.1) is 12.2 Å². The van der Waals surface area contributed by atoms with E-state index in [4.69, 9.17) is 18.9 Å². The summed E-state index contributed by atoms with van der Waals surface area (Å²) < 4.78 is 22.7. The van der Waals surface area contributed by atoms with Gasteiger partial charge >= 0.3 is 0 Å². The largest absolute Gasteiger partial charge is 0.353 e. The van der Waals surface area contributed by atoms with E-state index in [9.17, 15) is 0 Å². The van der Waals surface area contributed by atoms with E-state index in [2.05, 4.69) is 6.92 Å². The lowest BCUT2D eigenvalue weighted by Crippen LogP contribution is -2.51. The van der Waals surface area contributed by atoms with Crippen molar-refractivity contribution in [1.29, 1.82) is 0 Å². The molecule has 2 heterocycles. The normalized spacial score (nSPS) is 49.0. The maximum atomic E-state index is 5.89. The summed E-state index contributed by atoms with van der Waals surface area (Å²) in [5.74, 6) is -0.212. The minimum Gasteiger partial charge on any atom is -0.353 e. The molecule has 0 amide bonds. The molecule has 0 aromatic heterocycles. The number of methoxy groups -OCH3 is 1. The molecule has 2 aliphatic heterocycles. The zero-order chi connectivity index (χ0) is 11.2. The van der Waals surface area contributed by atoms with Gasteiger partial charge in [-0.2, -0.15) is 0 Å². The van der Waals surface area contributed by atoms with Gasteiger partial charge < -0.3 is 18.9 Å². The summed E-state index contributed by atoms with van der Waals surface area (Å²) in [5, 5.41) is 0. The lowest BCUT2D eigenvalue weighted by molar-refractivity contribution is -0.250. The molecule has 0 aliphatic carbocycles. The van der Waals surface area contributed by atoms with Crippen molar-refractivity contribution >= 4 is 0 Å². The summed E-state index contributed by atoms with van der Waals surface area (Å²) in [6.07, 6.45) is -0.235. The Hall–Kier alpha value is -0.160. The van der Waals surface area contributed by atoms with Gasteiger partial charge in [-0.1, -0.05) is 6.92 Å². The zero-order valence-corrected chi connectivity index (χ0v) is 10.0. The topological polar surface area (TPSA) is 36.9 Å². The van der Waals surface area contributed by atoms with Crippen molar-refractivity contribution in [3.8, 4) is 0 Å². The molecule has 0 N–H and O–H groups in total. The average molecular weight is 216 g/mol. The van der Waals surface area contributed by atoms with Crippen molar-refractivity contribution in [2.24, 2.45) is 5.92 Å². The van der Waals surface area contributed by atoms with Gasteiger partial charge in [-0.3, -0.25) is 0 Å². The lowest BCUT2D eigenvalue weighted by atomic mass is 9.92. The first-order valence-electron chi connectivity index (χ1n) is 5.48. The Morgan fingerprint density at radius 3 is 2.27 bits per heavy atom. The second-order valence-electron chi connectivity index (χ2n) is 4.87. The van der Waals surface area contributed by atoms with E-state index >= 15 is 0 Å². The molecule has 2 saturated heterocycles. The third-order valence-corrected chi connectivity index (χ3v) is 3.27. The predicted molar refractivity (Wildman–Crippen MR) is 54.3 cm³/mol. The van der Waals surface area contributed by atoms with E-state index in [1.807, 2.05) is 20.8 Å². The highest BCUT2D eigenvalue weighted by Gasteiger charge is 2.52. The van der Waals surface area contributed by atoms with Gasteiger partial charge in [-0.15, -0.1) is 0 Å². The zero-order valence-electron chi connectivity index (χ0n) is 10.0. The van der Waals surface area contributed by atoms with Crippen LogP contribution in [0.25, 0.3) is 0 Å². The van der Waals surface area contributed by atoms with Crippen molar-refractivity contribution in [3.05, 3.63) is 0 Å². The van der Waals surface area contributed by atoms with Crippen LogP contribution in [-0.2, 0) is 18.9 Å². The van der Waals surface area contributed by atoms with Crippen molar-refractivity contribution in [1.82, 2.24) is 0 Å². The highest BCUT2D eigenvalue weighted by Crippen LogP contribution is 2.39. The fourth-order valence-electron chi connectivity index (χ4n) is 2.30. The molecular formula is C11H20O4. The number of ether oxygens (including phenoxy) is 4. The van der Waals surface area contributed by atoms with Gasteiger partial charge in [-0.25, -0.2) is 0 Å². The van der Waals surface area contributed by atoms with Crippen LogP contribution in [-0.4, -0.2) is 37.5 Å². The molecule has 0 radical (unpaired) electrons. The first-order chi connectivity index (χ1) is 6.94. The van der Waals surface area contributed by atoms with E-state index < -0.39 is 5.79 Å². The van der Waals surface area contributed by atoms with Crippen LogP contribution in [0.3, 0.4) is 0 Å². The summed E-state index contributed by atoms with van der Waals surface area (Å²) in [5.41, 5.74) is 0. The molecule has 3 unspecified atom stereocenters. The maximum Gasteiger partial charge on any atom is 0.186 e. The van der Waals surface area contributed by atoms with E-state index in [1.54, 1.807) is 7.11 Å². The molecule has 2 fully saturated rings. The number of hydrogen-bond acceptors (Lipinski definition) is 4. The minimum absolute atomic E-state index is 0.0636. The SMILES string of the molecule is CO[C@@H]1OC(C)[C@H](C)C2OC(C)(C)OC21. The predicted octanol–water partition coefficient (Wildman–Crippen LogP) is 1.53. The lowest BCUT2D eigenvalue weighted by Gasteiger charge is -2.38. The Morgan fingerprint density at radius 1 is 1.07 bits per heavy atom. The Morgan fingerprint density at radius 2 is 1.67 bits per heavy atom. The molecule has 4 heteroatoms. The van der Waals surface area contributed by atoms with E-state index in [1.165, 1.54) is 0 Å². The minimum atomic E-state index is -0.534. The van der Waals surface area contributed by atoms with Gasteiger partial charge in [-0.05, 0) is 20.8 Å². The van der Waals surface area contributed by atoms with Gasteiger partial charge in [0.1, 0.15) is 6.10 Å². The second kappa shape index (κ2) is 3.70.